The van der Waals surface area contributed by atoms with E-state index in [1.165, 1.54) is 0 Å². The van der Waals surface area contributed by atoms with Crippen molar-refractivity contribution in [2.24, 2.45) is 0 Å². The lowest BCUT2D eigenvalue weighted by Gasteiger charge is -2.22. The number of fused-ring (bicyclic) bond motifs is 1. The summed E-state index contributed by atoms with van der Waals surface area (Å²) < 4.78 is 5.77. The molecule has 24 heavy (non-hydrogen) atoms. The monoisotopic (exact) mass is 319 g/mol. The first-order valence-electron chi connectivity index (χ1n) is 8.04. The summed E-state index contributed by atoms with van der Waals surface area (Å²) in [6.07, 6.45) is -0.552. The quantitative estimate of drug-likeness (QED) is 0.704. The van der Waals surface area contributed by atoms with Crippen LogP contribution >= 0.6 is 0 Å². The van der Waals surface area contributed by atoms with Gasteiger partial charge in [-0.2, -0.15) is 0 Å². The zero-order valence-electron chi connectivity index (χ0n) is 14.2. The van der Waals surface area contributed by atoms with Crippen LogP contribution in [0.3, 0.4) is 0 Å². The Balaban J connectivity index is 1.75. The number of benzene rings is 3. The second-order valence-corrected chi connectivity index (χ2v) is 6.00. The smallest absolute Gasteiger partial charge is 0.267 e. The van der Waals surface area contributed by atoms with E-state index < -0.39 is 6.10 Å². The zero-order valence-corrected chi connectivity index (χ0v) is 14.2. The third kappa shape index (κ3) is 3.40. The van der Waals surface area contributed by atoms with Crippen LogP contribution in [0.15, 0.2) is 66.7 Å². The molecule has 0 radical (unpaired) electrons. The van der Waals surface area contributed by atoms with Gasteiger partial charge in [-0.25, -0.2) is 0 Å². The third-order valence-electron chi connectivity index (χ3n) is 4.13. The van der Waals surface area contributed by atoms with Gasteiger partial charge in [0.1, 0.15) is 5.75 Å². The fourth-order valence-electron chi connectivity index (χ4n) is 2.66. The predicted molar refractivity (Wildman–Crippen MR) is 98.6 cm³/mol. The SMILES string of the molecule is Cc1ccc(OC(C)C(=O)N(C)c2ccc3ccccc3c2)cc1. The van der Waals surface area contributed by atoms with Crippen molar-refractivity contribution in [1.82, 2.24) is 0 Å². The van der Waals surface area contributed by atoms with Crippen LogP contribution in [-0.4, -0.2) is 19.1 Å². The number of carbonyl (C=O) groups excluding carboxylic acids is 1. The van der Waals surface area contributed by atoms with Crippen LogP contribution in [0.4, 0.5) is 5.69 Å². The zero-order chi connectivity index (χ0) is 17.1. The summed E-state index contributed by atoms with van der Waals surface area (Å²) in [6, 6.07) is 21.8. The minimum absolute atomic E-state index is 0.0779. The molecular formula is C21H21NO2. The van der Waals surface area contributed by atoms with Crippen molar-refractivity contribution in [2.45, 2.75) is 20.0 Å². The van der Waals surface area contributed by atoms with E-state index in [-0.39, 0.29) is 5.91 Å². The lowest BCUT2D eigenvalue weighted by Crippen LogP contribution is -2.38. The van der Waals surface area contributed by atoms with Gasteiger partial charge in [0.15, 0.2) is 6.10 Å². The van der Waals surface area contributed by atoms with Crippen LogP contribution in [0.25, 0.3) is 10.8 Å². The number of amides is 1. The molecule has 1 atom stereocenters. The normalized spacial score (nSPS) is 12.0. The molecule has 0 fully saturated rings. The van der Waals surface area contributed by atoms with Crippen LogP contribution in [0.1, 0.15) is 12.5 Å². The highest BCUT2D eigenvalue weighted by molar-refractivity contribution is 5.98. The summed E-state index contributed by atoms with van der Waals surface area (Å²) in [6.45, 7) is 3.80. The molecule has 0 N–H and O–H groups in total. The van der Waals surface area contributed by atoms with E-state index in [0.29, 0.717) is 5.75 Å². The fraction of sp³-hybridized carbons (Fsp3) is 0.190. The molecule has 3 heteroatoms. The summed E-state index contributed by atoms with van der Waals surface area (Å²) in [5.41, 5.74) is 2.02. The Morgan fingerprint density at radius 3 is 2.33 bits per heavy atom. The van der Waals surface area contributed by atoms with Crippen LogP contribution < -0.4 is 9.64 Å². The van der Waals surface area contributed by atoms with Crippen molar-refractivity contribution >= 4 is 22.4 Å². The Morgan fingerprint density at radius 1 is 0.958 bits per heavy atom. The van der Waals surface area contributed by atoms with Crippen molar-refractivity contribution in [3.05, 3.63) is 72.3 Å². The first-order chi connectivity index (χ1) is 11.5. The maximum absolute atomic E-state index is 12.7. The van der Waals surface area contributed by atoms with Crippen LogP contribution in [-0.2, 0) is 4.79 Å². The Bertz CT molecular complexity index is 855. The standard InChI is InChI=1S/C21H21NO2/c1-15-8-12-20(13-9-15)24-16(2)21(23)22(3)19-11-10-17-6-4-5-7-18(17)14-19/h4-14,16H,1-3H3. The largest absolute Gasteiger partial charge is 0.481 e. The molecular weight excluding hydrogens is 298 g/mol. The molecule has 0 bridgehead atoms. The van der Waals surface area contributed by atoms with E-state index in [2.05, 4.69) is 6.07 Å². The fourth-order valence-corrected chi connectivity index (χ4v) is 2.66. The first kappa shape index (κ1) is 16.1. The second kappa shape index (κ2) is 6.75. The average Bonchev–Trinajstić information content (AvgIpc) is 2.62. The minimum atomic E-state index is -0.552. The summed E-state index contributed by atoms with van der Waals surface area (Å²) in [5, 5.41) is 2.27. The third-order valence-corrected chi connectivity index (χ3v) is 4.13. The number of rotatable bonds is 4. The van der Waals surface area contributed by atoms with Gasteiger partial charge in [0, 0.05) is 12.7 Å². The molecule has 0 saturated heterocycles. The minimum Gasteiger partial charge on any atom is -0.481 e. The van der Waals surface area contributed by atoms with Crippen molar-refractivity contribution < 1.29 is 9.53 Å². The summed E-state index contributed by atoms with van der Waals surface area (Å²) in [7, 11) is 1.78. The summed E-state index contributed by atoms with van der Waals surface area (Å²) >= 11 is 0. The second-order valence-electron chi connectivity index (χ2n) is 6.00. The average molecular weight is 319 g/mol. The van der Waals surface area contributed by atoms with Gasteiger partial charge in [-0.15, -0.1) is 0 Å². The van der Waals surface area contributed by atoms with Gasteiger partial charge in [-0.1, -0.05) is 48.0 Å². The molecule has 122 valence electrons. The molecule has 0 heterocycles. The summed E-state index contributed by atoms with van der Waals surface area (Å²) in [4.78, 5) is 14.3. The molecule has 1 amide bonds. The first-order valence-corrected chi connectivity index (χ1v) is 8.04. The van der Waals surface area contributed by atoms with Gasteiger partial charge in [-0.3, -0.25) is 4.79 Å². The van der Waals surface area contributed by atoms with Crippen molar-refractivity contribution in [1.29, 1.82) is 0 Å². The van der Waals surface area contributed by atoms with Crippen LogP contribution in [0, 0.1) is 6.92 Å². The topological polar surface area (TPSA) is 29.5 Å². The van der Waals surface area contributed by atoms with E-state index in [1.54, 1.807) is 18.9 Å². The van der Waals surface area contributed by atoms with E-state index in [4.69, 9.17) is 4.74 Å². The Kier molecular flexibility index (Phi) is 4.52. The number of anilines is 1. The van der Waals surface area contributed by atoms with Gasteiger partial charge >= 0.3 is 0 Å². The molecule has 1 unspecified atom stereocenters. The highest BCUT2D eigenvalue weighted by Crippen LogP contribution is 2.22. The number of nitrogens with zero attached hydrogens (tertiary/aromatic N) is 1. The van der Waals surface area contributed by atoms with Gasteiger partial charge in [0.25, 0.3) is 5.91 Å². The van der Waals surface area contributed by atoms with E-state index in [1.807, 2.05) is 67.6 Å². The number of carbonyl (C=O) groups is 1. The summed E-state index contributed by atoms with van der Waals surface area (Å²) in [5.74, 6) is 0.624. The Hall–Kier alpha value is -2.81. The molecule has 0 aromatic heterocycles. The van der Waals surface area contributed by atoms with Gasteiger partial charge in [0.05, 0.1) is 0 Å². The predicted octanol–water partition coefficient (Wildman–Crippen LogP) is 4.58. The Morgan fingerprint density at radius 2 is 1.62 bits per heavy atom. The molecule has 3 aromatic rings. The molecule has 0 aliphatic heterocycles. The number of hydrogen-bond donors (Lipinski definition) is 0. The molecule has 3 nitrogen and oxygen atoms in total. The van der Waals surface area contributed by atoms with Gasteiger partial charge < -0.3 is 9.64 Å². The molecule has 0 saturated carbocycles. The van der Waals surface area contributed by atoms with Crippen molar-refractivity contribution in [3.63, 3.8) is 0 Å². The van der Waals surface area contributed by atoms with Crippen LogP contribution in [0.5, 0.6) is 5.75 Å². The van der Waals surface area contributed by atoms with Crippen molar-refractivity contribution in [3.8, 4) is 5.75 Å². The van der Waals surface area contributed by atoms with Gasteiger partial charge in [-0.05, 0) is 48.9 Å². The Labute approximate surface area is 142 Å². The number of aryl methyl sites for hydroxylation is 1. The molecule has 3 rings (SSSR count). The van der Waals surface area contributed by atoms with E-state index in [9.17, 15) is 4.79 Å². The molecule has 0 aliphatic rings. The van der Waals surface area contributed by atoms with Crippen molar-refractivity contribution in [2.75, 3.05) is 11.9 Å². The highest BCUT2D eigenvalue weighted by Gasteiger charge is 2.20. The lowest BCUT2D eigenvalue weighted by molar-refractivity contribution is -0.124. The molecule has 0 aliphatic carbocycles. The molecule has 0 spiro atoms. The molecule has 3 aromatic carbocycles. The van der Waals surface area contributed by atoms with Gasteiger partial charge in [0.2, 0.25) is 0 Å². The lowest BCUT2D eigenvalue weighted by atomic mass is 10.1. The maximum atomic E-state index is 12.7. The highest BCUT2D eigenvalue weighted by atomic mass is 16.5. The van der Waals surface area contributed by atoms with E-state index >= 15 is 0 Å². The van der Waals surface area contributed by atoms with E-state index in [0.717, 1.165) is 22.0 Å². The number of likely N-dealkylation sites (N-methyl/N-ethyl adjacent to an activating group) is 1. The maximum Gasteiger partial charge on any atom is 0.267 e. The number of hydrogen-bond acceptors (Lipinski definition) is 2. The van der Waals surface area contributed by atoms with Crippen LogP contribution in [0.2, 0.25) is 0 Å². The number of ether oxygens (including phenoxy) is 1.